The molecule has 0 fully saturated rings. The van der Waals surface area contributed by atoms with E-state index in [0.717, 1.165) is 0 Å². The van der Waals surface area contributed by atoms with Crippen molar-refractivity contribution in [3.8, 4) is 11.8 Å². The molecule has 78 valence electrons. The molecule has 0 aliphatic carbocycles. The van der Waals surface area contributed by atoms with Crippen LogP contribution in [0.4, 0.5) is 0 Å². The molecule has 0 aliphatic rings. The SMILES string of the molecule is CC#CC(=O)N(CC(=O)O)CC(C)C. The van der Waals surface area contributed by atoms with Gasteiger partial charge in [0.2, 0.25) is 0 Å². The Morgan fingerprint density at radius 2 is 2.00 bits per heavy atom. The lowest BCUT2D eigenvalue weighted by Crippen LogP contribution is -2.37. The Balaban J connectivity index is 4.43. The van der Waals surface area contributed by atoms with Crippen LogP contribution < -0.4 is 0 Å². The first-order valence-corrected chi connectivity index (χ1v) is 4.40. The molecule has 4 nitrogen and oxygen atoms in total. The van der Waals surface area contributed by atoms with Crippen LogP contribution in [0, 0.1) is 17.8 Å². The molecule has 0 saturated carbocycles. The number of carbonyl (C=O) groups is 2. The summed E-state index contributed by atoms with van der Waals surface area (Å²) in [6.45, 7) is 5.51. The molecule has 0 aromatic carbocycles. The summed E-state index contributed by atoms with van der Waals surface area (Å²) in [5, 5.41) is 8.57. The Morgan fingerprint density at radius 3 is 2.36 bits per heavy atom. The summed E-state index contributed by atoms with van der Waals surface area (Å²) < 4.78 is 0. The smallest absolute Gasteiger partial charge is 0.323 e. The van der Waals surface area contributed by atoms with Crippen LogP contribution in [-0.2, 0) is 9.59 Å². The van der Waals surface area contributed by atoms with Gasteiger partial charge in [-0.1, -0.05) is 19.8 Å². The van der Waals surface area contributed by atoms with Gasteiger partial charge in [0.25, 0.3) is 5.91 Å². The lowest BCUT2D eigenvalue weighted by Gasteiger charge is -2.19. The third-order valence-electron chi connectivity index (χ3n) is 1.43. The molecule has 4 heteroatoms. The second-order valence-corrected chi connectivity index (χ2v) is 3.35. The van der Waals surface area contributed by atoms with E-state index in [-0.39, 0.29) is 12.5 Å². The van der Waals surface area contributed by atoms with Crippen molar-refractivity contribution in [1.29, 1.82) is 0 Å². The molecule has 0 saturated heterocycles. The van der Waals surface area contributed by atoms with Gasteiger partial charge in [-0.25, -0.2) is 0 Å². The average Bonchev–Trinajstić information content (AvgIpc) is 2.01. The zero-order valence-corrected chi connectivity index (χ0v) is 8.70. The Morgan fingerprint density at radius 1 is 1.43 bits per heavy atom. The van der Waals surface area contributed by atoms with Gasteiger partial charge in [0.15, 0.2) is 0 Å². The van der Waals surface area contributed by atoms with Crippen molar-refractivity contribution in [2.75, 3.05) is 13.1 Å². The van der Waals surface area contributed by atoms with Gasteiger partial charge in [-0.05, 0) is 18.8 Å². The van der Waals surface area contributed by atoms with Crippen LogP contribution in [0.25, 0.3) is 0 Å². The van der Waals surface area contributed by atoms with Gasteiger partial charge in [0, 0.05) is 6.54 Å². The minimum atomic E-state index is -1.02. The van der Waals surface area contributed by atoms with Crippen molar-refractivity contribution in [3.05, 3.63) is 0 Å². The summed E-state index contributed by atoms with van der Waals surface area (Å²) >= 11 is 0. The van der Waals surface area contributed by atoms with Crippen molar-refractivity contribution in [3.63, 3.8) is 0 Å². The Hall–Kier alpha value is -1.50. The summed E-state index contributed by atoms with van der Waals surface area (Å²) in [6, 6.07) is 0. The highest BCUT2D eigenvalue weighted by Crippen LogP contribution is 1.98. The van der Waals surface area contributed by atoms with E-state index in [0.29, 0.717) is 6.54 Å². The Labute approximate surface area is 83.9 Å². The predicted octanol–water partition coefficient (Wildman–Crippen LogP) is 0.579. The van der Waals surface area contributed by atoms with Crippen LogP contribution >= 0.6 is 0 Å². The highest BCUT2D eigenvalue weighted by Gasteiger charge is 2.15. The van der Waals surface area contributed by atoms with Gasteiger partial charge < -0.3 is 10.0 Å². The summed E-state index contributed by atoms with van der Waals surface area (Å²) in [5.74, 6) is 3.58. The topological polar surface area (TPSA) is 57.6 Å². The van der Waals surface area contributed by atoms with Crippen molar-refractivity contribution in [1.82, 2.24) is 4.90 Å². The number of rotatable bonds is 4. The molecular formula is C10H15NO3. The molecule has 0 radical (unpaired) electrons. The van der Waals surface area contributed by atoms with E-state index in [4.69, 9.17) is 5.11 Å². The molecule has 0 unspecified atom stereocenters. The number of carbonyl (C=O) groups excluding carboxylic acids is 1. The Kier molecular flexibility index (Phi) is 5.38. The Bertz CT molecular complexity index is 273. The third-order valence-corrected chi connectivity index (χ3v) is 1.43. The standard InChI is InChI=1S/C10H15NO3/c1-4-5-9(12)11(6-8(2)3)7-10(13)14/h8H,6-7H2,1-3H3,(H,13,14). The minimum absolute atomic E-state index is 0.233. The molecule has 0 spiro atoms. The first kappa shape index (κ1) is 12.5. The number of hydrogen-bond acceptors (Lipinski definition) is 2. The van der Waals surface area contributed by atoms with Crippen molar-refractivity contribution in [2.45, 2.75) is 20.8 Å². The molecule has 1 N–H and O–H groups in total. The average molecular weight is 197 g/mol. The lowest BCUT2D eigenvalue weighted by atomic mass is 10.2. The number of aliphatic carboxylic acids is 1. The van der Waals surface area contributed by atoms with E-state index in [9.17, 15) is 9.59 Å². The minimum Gasteiger partial charge on any atom is -0.480 e. The second kappa shape index (κ2) is 6.03. The lowest BCUT2D eigenvalue weighted by molar-refractivity contribution is -0.142. The van der Waals surface area contributed by atoms with Crippen LogP contribution in [0.2, 0.25) is 0 Å². The van der Waals surface area contributed by atoms with Crippen LogP contribution in [0.3, 0.4) is 0 Å². The van der Waals surface area contributed by atoms with Gasteiger partial charge in [0.05, 0.1) is 0 Å². The predicted molar refractivity (Wildman–Crippen MR) is 52.5 cm³/mol. The van der Waals surface area contributed by atoms with Gasteiger partial charge in [0.1, 0.15) is 6.54 Å². The van der Waals surface area contributed by atoms with E-state index < -0.39 is 11.9 Å². The fraction of sp³-hybridized carbons (Fsp3) is 0.600. The maximum atomic E-state index is 11.3. The van der Waals surface area contributed by atoms with Crippen LogP contribution in [-0.4, -0.2) is 35.0 Å². The summed E-state index contributed by atoms with van der Waals surface area (Å²) in [4.78, 5) is 23.0. The fourth-order valence-electron chi connectivity index (χ4n) is 1.01. The van der Waals surface area contributed by atoms with E-state index in [1.807, 2.05) is 13.8 Å². The molecule has 0 aliphatic heterocycles. The van der Waals surface area contributed by atoms with Crippen LogP contribution in [0.15, 0.2) is 0 Å². The monoisotopic (exact) mass is 197 g/mol. The third kappa shape index (κ3) is 5.20. The van der Waals surface area contributed by atoms with E-state index in [2.05, 4.69) is 11.8 Å². The van der Waals surface area contributed by atoms with Crippen LogP contribution in [0.1, 0.15) is 20.8 Å². The van der Waals surface area contributed by atoms with E-state index in [1.165, 1.54) is 4.90 Å². The van der Waals surface area contributed by atoms with Gasteiger partial charge in [-0.3, -0.25) is 9.59 Å². The maximum Gasteiger partial charge on any atom is 0.323 e. The molecule has 0 bridgehead atoms. The number of amides is 1. The number of nitrogens with zero attached hydrogens (tertiary/aromatic N) is 1. The van der Waals surface area contributed by atoms with Crippen LogP contribution in [0.5, 0.6) is 0 Å². The zero-order chi connectivity index (χ0) is 11.1. The zero-order valence-electron chi connectivity index (χ0n) is 8.70. The second-order valence-electron chi connectivity index (χ2n) is 3.35. The van der Waals surface area contributed by atoms with Gasteiger partial charge in [-0.2, -0.15) is 0 Å². The number of carboxylic acid groups (broad SMARTS) is 1. The highest BCUT2D eigenvalue weighted by molar-refractivity contribution is 5.95. The largest absolute Gasteiger partial charge is 0.480 e. The van der Waals surface area contributed by atoms with Crippen molar-refractivity contribution >= 4 is 11.9 Å². The number of hydrogen-bond donors (Lipinski definition) is 1. The van der Waals surface area contributed by atoms with Crippen molar-refractivity contribution in [2.24, 2.45) is 5.92 Å². The van der Waals surface area contributed by atoms with E-state index in [1.54, 1.807) is 6.92 Å². The summed E-state index contributed by atoms with van der Waals surface area (Å²) in [7, 11) is 0. The highest BCUT2D eigenvalue weighted by atomic mass is 16.4. The molecule has 1 amide bonds. The van der Waals surface area contributed by atoms with Gasteiger partial charge in [-0.15, -0.1) is 0 Å². The van der Waals surface area contributed by atoms with Crippen molar-refractivity contribution < 1.29 is 14.7 Å². The molecule has 0 aromatic rings. The summed E-state index contributed by atoms with van der Waals surface area (Å²) in [6.07, 6.45) is 0. The molecule has 0 heterocycles. The van der Waals surface area contributed by atoms with Gasteiger partial charge >= 0.3 is 5.97 Å². The maximum absolute atomic E-state index is 11.3. The van der Waals surface area contributed by atoms with E-state index >= 15 is 0 Å². The molecule has 0 aromatic heterocycles. The normalized spacial score (nSPS) is 9.14. The molecule has 14 heavy (non-hydrogen) atoms. The first-order chi connectivity index (χ1) is 6.47. The molecular weight excluding hydrogens is 182 g/mol. The molecule has 0 atom stereocenters. The first-order valence-electron chi connectivity index (χ1n) is 4.40. The fourth-order valence-corrected chi connectivity index (χ4v) is 1.01. The summed E-state index contributed by atoms with van der Waals surface area (Å²) in [5.41, 5.74) is 0. The molecule has 0 rings (SSSR count). The number of carboxylic acids is 1. The quantitative estimate of drug-likeness (QED) is 0.671.